The molecule has 0 aliphatic rings. The van der Waals surface area contributed by atoms with Crippen LogP contribution in [0.15, 0.2) is 59.5 Å². The van der Waals surface area contributed by atoms with Crippen LogP contribution in [0.4, 0.5) is 15.8 Å². The van der Waals surface area contributed by atoms with Crippen LogP contribution in [0, 0.1) is 5.82 Å². The highest BCUT2D eigenvalue weighted by molar-refractivity contribution is 6.33. The lowest BCUT2D eigenvalue weighted by Crippen LogP contribution is -2.52. The zero-order valence-corrected chi connectivity index (χ0v) is 22.8. The Morgan fingerprint density at radius 3 is 2.56 bits per heavy atom. The molecule has 0 bridgehead atoms. The molecule has 5 N–H and O–H groups in total. The third kappa shape index (κ3) is 7.60. The maximum Gasteiger partial charge on any atom is 0.325 e. The molecule has 0 spiro atoms. The van der Waals surface area contributed by atoms with E-state index in [4.69, 9.17) is 22.1 Å². The molecule has 1 atom stereocenters. The highest BCUT2D eigenvalue weighted by atomic mass is 35.5. The summed E-state index contributed by atoms with van der Waals surface area (Å²) in [4.78, 5) is 62.7. The Hall–Kier alpha value is -4.91. The van der Waals surface area contributed by atoms with Crippen molar-refractivity contribution in [3.63, 3.8) is 0 Å². The number of hydrogen-bond donors (Lipinski definition) is 4. The first-order valence-electron chi connectivity index (χ1n) is 12.2. The molecular weight excluding hydrogens is 561 g/mol. The zero-order chi connectivity index (χ0) is 30.3. The van der Waals surface area contributed by atoms with Crippen LogP contribution < -0.4 is 26.8 Å². The molecule has 1 unspecified atom stereocenters. The van der Waals surface area contributed by atoms with Crippen LogP contribution in [0.25, 0.3) is 0 Å². The van der Waals surface area contributed by atoms with Gasteiger partial charge in [-0.25, -0.2) is 9.40 Å². The van der Waals surface area contributed by atoms with Gasteiger partial charge in [0.05, 0.1) is 10.7 Å². The van der Waals surface area contributed by atoms with Crippen molar-refractivity contribution in [2.75, 3.05) is 24.2 Å². The van der Waals surface area contributed by atoms with Gasteiger partial charge >= 0.3 is 5.97 Å². The molecule has 216 valence electrons. The predicted octanol–water partition coefficient (Wildman–Crippen LogP) is 2.62. The third-order valence-electron chi connectivity index (χ3n) is 5.89. The lowest BCUT2D eigenvalue weighted by molar-refractivity contribution is -0.151. The van der Waals surface area contributed by atoms with Crippen molar-refractivity contribution in [1.82, 2.24) is 15.0 Å². The molecule has 0 saturated carbocycles. The molecule has 14 heteroatoms. The second-order valence-corrected chi connectivity index (χ2v) is 9.13. The number of hydrogen-bond acceptors (Lipinski definition) is 7. The molecule has 41 heavy (non-hydrogen) atoms. The van der Waals surface area contributed by atoms with Crippen LogP contribution in [-0.4, -0.2) is 51.5 Å². The highest BCUT2D eigenvalue weighted by Gasteiger charge is 2.25. The van der Waals surface area contributed by atoms with E-state index in [-0.39, 0.29) is 27.7 Å². The number of pyridine rings is 1. The maximum atomic E-state index is 14.2. The van der Waals surface area contributed by atoms with Gasteiger partial charge in [-0.3, -0.25) is 29.4 Å². The minimum atomic E-state index is -1.45. The SMILES string of the molecule is CCc1cccc(F)c1OCC(=O)N(CC(=O)O)NC(=O)C(C)n1cccc(NC(=O)c2ccc(N)c(Cl)c2)c1=O. The van der Waals surface area contributed by atoms with Crippen LogP contribution in [-0.2, 0) is 20.8 Å². The number of halogens is 2. The number of carboxylic acid groups (broad SMARTS) is 1. The van der Waals surface area contributed by atoms with Crippen LogP contribution in [0.3, 0.4) is 0 Å². The first-order valence-corrected chi connectivity index (χ1v) is 12.6. The first-order chi connectivity index (χ1) is 19.4. The second-order valence-electron chi connectivity index (χ2n) is 8.72. The number of anilines is 2. The molecule has 0 saturated heterocycles. The Morgan fingerprint density at radius 2 is 1.90 bits per heavy atom. The number of carboxylic acids is 1. The van der Waals surface area contributed by atoms with Crippen LogP contribution >= 0.6 is 11.6 Å². The number of carbonyl (C=O) groups excluding carboxylic acids is 3. The van der Waals surface area contributed by atoms with E-state index >= 15 is 0 Å². The zero-order valence-electron chi connectivity index (χ0n) is 22.0. The average molecular weight is 588 g/mol. The summed E-state index contributed by atoms with van der Waals surface area (Å²) < 4.78 is 20.5. The Labute approximate surface area is 238 Å². The van der Waals surface area contributed by atoms with E-state index in [0.29, 0.717) is 17.0 Å². The number of carbonyl (C=O) groups is 4. The van der Waals surface area contributed by atoms with Crippen molar-refractivity contribution in [1.29, 1.82) is 0 Å². The van der Waals surface area contributed by atoms with Crippen molar-refractivity contribution in [3.8, 4) is 5.75 Å². The summed E-state index contributed by atoms with van der Waals surface area (Å²) in [5.41, 5.74) is 7.80. The molecule has 0 aliphatic heterocycles. The largest absolute Gasteiger partial charge is 0.480 e. The van der Waals surface area contributed by atoms with E-state index < -0.39 is 54.3 Å². The number of nitrogens with two attached hydrogens (primary N) is 1. The van der Waals surface area contributed by atoms with Gasteiger partial charge in [0.2, 0.25) is 0 Å². The first kappa shape index (κ1) is 30.6. The van der Waals surface area contributed by atoms with Gasteiger partial charge in [0.1, 0.15) is 18.3 Å². The minimum absolute atomic E-state index is 0.135. The molecule has 2 aromatic carbocycles. The standard InChI is InChI=1S/C27H27ClFN5O7/c1-3-16-6-4-7-19(29)24(16)41-14-22(35)34(13-23(36)37)32-25(38)15(2)33-11-5-8-21(27(33)40)31-26(39)17-9-10-20(30)18(28)12-17/h4-12,15H,3,13-14,30H2,1-2H3,(H,31,39)(H,32,38)(H,36,37). The lowest BCUT2D eigenvalue weighted by atomic mass is 10.1. The molecule has 3 amide bonds. The smallest absolute Gasteiger partial charge is 0.325 e. The van der Waals surface area contributed by atoms with Crippen LogP contribution in [0.2, 0.25) is 5.02 Å². The number of ether oxygens (including phenoxy) is 1. The van der Waals surface area contributed by atoms with Gasteiger partial charge in [0.15, 0.2) is 18.2 Å². The third-order valence-corrected chi connectivity index (χ3v) is 6.22. The van der Waals surface area contributed by atoms with E-state index in [9.17, 15) is 33.5 Å². The topological polar surface area (TPSA) is 173 Å². The van der Waals surface area contributed by atoms with E-state index in [2.05, 4.69) is 10.7 Å². The Kier molecular flexibility index (Phi) is 10.0. The number of aliphatic carboxylic acids is 1. The summed E-state index contributed by atoms with van der Waals surface area (Å²) in [6.45, 7) is 1.38. The molecule has 0 radical (unpaired) electrons. The normalized spacial score (nSPS) is 11.3. The molecule has 3 rings (SSSR count). The molecule has 0 aliphatic carbocycles. The molecule has 12 nitrogen and oxygen atoms in total. The number of nitrogens with one attached hydrogen (secondary N) is 2. The molecular formula is C27H27ClFN5O7. The fraction of sp³-hybridized carbons (Fsp3) is 0.222. The van der Waals surface area contributed by atoms with Crippen LogP contribution in [0.1, 0.15) is 35.8 Å². The predicted molar refractivity (Wildman–Crippen MR) is 148 cm³/mol. The van der Waals surface area contributed by atoms with Crippen molar-refractivity contribution < 1.29 is 33.4 Å². The van der Waals surface area contributed by atoms with Crippen LogP contribution in [0.5, 0.6) is 5.75 Å². The average Bonchev–Trinajstić information content (AvgIpc) is 2.93. The van der Waals surface area contributed by atoms with E-state index in [1.807, 2.05) is 0 Å². The summed E-state index contributed by atoms with van der Waals surface area (Å²) in [6, 6.07) is 9.90. The summed E-state index contributed by atoms with van der Waals surface area (Å²) in [6.07, 6.45) is 1.69. The number of hydrazine groups is 1. The number of amides is 3. The van der Waals surface area contributed by atoms with Gasteiger partial charge in [-0.2, -0.15) is 0 Å². The monoisotopic (exact) mass is 587 g/mol. The fourth-order valence-corrected chi connectivity index (χ4v) is 3.84. The minimum Gasteiger partial charge on any atom is -0.480 e. The van der Waals surface area contributed by atoms with Gasteiger partial charge in [-0.1, -0.05) is 30.7 Å². The number of benzene rings is 2. The number of rotatable bonds is 10. The number of nitrogens with zero attached hydrogens (tertiary/aromatic N) is 2. The molecule has 3 aromatic rings. The summed E-state index contributed by atoms with van der Waals surface area (Å²) in [5, 5.41) is 12.3. The molecule has 1 heterocycles. The molecule has 1 aromatic heterocycles. The number of aryl methyl sites for hydroxylation is 1. The summed E-state index contributed by atoms with van der Waals surface area (Å²) >= 11 is 5.96. The second kappa shape index (κ2) is 13.4. The number of nitrogen functional groups attached to an aromatic ring is 1. The number of aromatic nitrogens is 1. The van der Waals surface area contributed by atoms with Gasteiger partial charge < -0.3 is 25.5 Å². The lowest BCUT2D eigenvalue weighted by Gasteiger charge is -2.24. The highest BCUT2D eigenvalue weighted by Crippen LogP contribution is 2.23. The van der Waals surface area contributed by atoms with Crippen molar-refractivity contribution in [2.24, 2.45) is 0 Å². The van der Waals surface area contributed by atoms with Gasteiger partial charge in [-0.15, -0.1) is 0 Å². The molecule has 0 fully saturated rings. The summed E-state index contributed by atoms with van der Waals surface area (Å²) in [7, 11) is 0. The fourth-order valence-electron chi connectivity index (χ4n) is 3.66. The van der Waals surface area contributed by atoms with Gasteiger partial charge in [0, 0.05) is 11.8 Å². The number of para-hydroxylation sites is 1. The van der Waals surface area contributed by atoms with E-state index in [1.165, 1.54) is 49.5 Å². The van der Waals surface area contributed by atoms with Gasteiger partial charge in [-0.05, 0) is 55.3 Å². The Bertz CT molecular complexity index is 1540. The quantitative estimate of drug-likeness (QED) is 0.207. The van der Waals surface area contributed by atoms with Crippen molar-refractivity contribution >= 4 is 46.7 Å². The Balaban J connectivity index is 1.74. The summed E-state index contributed by atoms with van der Waals surface area (Å²) in [5.74, 6) is -4.87. The van der Waals surface area contributed by atoms with Gasteiger partial charge in [0.25, 0.3) is 23.3 Å². The maximum absolute atomic E-state index is 14.2. The van der Waals surface area contributed by atoms with Crippen molar-refractivity contribution in [3.05, 3.63) is 87.0 Å². The van der Waals surface area contributed by atoms with Crippen molar-refractivity contribution in [2.45, 2.75) is 26.3 Å². The Morgan fingerprint density at radius 1 is 1.17 bits per heavy atom. The van der Waals surface area contributed by atoms with E-state index in [1.54, 1.807) is 13.0 Å². The van der Waals surface area contributed by atoms with E-state index in [0.717, 1.165) is 10.6 Å².